The third-order valence-electron chi connectivity index (χ3n) is 5.82. The van der Waals surface area contributed by atoms with Gasteiger partial charge in [-0.05, 0) is 31.4 Å². The molecule has 3 aromatic rings. The van der Waals surface area contributed by atoms with Gasteiger partial charge in [0, 0.05) is 17.6 Å². The third kappa shape index (κ3) is 2.59. The number of amides is 1. The van der Waals surface area contributed by atoms with E-state index in [0.29, 0.717) is 12.0 Å². The molecule has 1 saturated carbocycles. The summed E-state index contributed by atoms with van der Waals surface area (Å²) in [5, 5.41) is 4.17. The molecule has 1 N–H and O–H groups in total. The Balaban J connectivity index is 1.64. The van der Waals surface area contributed by atoms with E-state index < -0.39 is 0 Å². The van der Waals surface area contributed by atoms with Crippen LogP contribution in [0.4, 0.5) is 11.5 Å². The second kappa shape index (κ2) is 6.37. The molecule has 2 aromatic heterocycles. The molecule has 1 fully saturated rings. The van der Waals surface area contributed by atoms with E-state index in [4.69, 9.17) is 4.98 Å². The number of carbonyl (C=O) groups is 1. The first-order valence-corrected chi connectivity index (χ1v) is 9.79. The summed E-state index contributed by atoms with van der Waals surface area (Å²) in [5.74, 6) is 1.56. The second-order valence-electron chi connectivity index (χ2n) is 7.41. The zero-order valence-corrected chi connectivity index (χ0v) is 15.4. The molecule has 1 atom stereocenters. The van der Waals surface area contributed by atoms with Crippen LogP contribution in [0.2, 0.25) is 0 Å². The van der Waals surface area contributed by atoms with Crippen molar-refractivity contribution in [2.75, 3.05) is 10.2 Å². The average Bonchev–Trinajstić information content (AvgIpc) is 3.36. The lowest BCUT2D eigenvalue weighted by molar-refractivity contribution is -0.117. The van der Waals surface area contributed by atoms with Gasteiger partial charge < -0.3 is 10.2 Å². The fourth-order valence-electron chi connectivity index (χ4n) is 4.50. The van der Waals surface area contributed by atoms with Crippen LogP contribution in [0.1, 0.15) is 39.0 Å². The summed E-state index contributed by atoms with van der Waals surface area (Å²) in [5.41, 5.74) is 1.80. The molecular weight excluding hydrogens is 338 g/mol. The van der Waals surface area contributed by atoms with Gasteiger partial charge in [0.15, 0.2) is 5.82 Å². The smallest absolute Gasteiger partial charge is 0.247 e. The molecule has 5 rings (SSSR count). The molecule has 0 bridgehead atoms. The molecule has 6 nitrogen and oxygen atoms in total. The van der Waals surface area contributed by atoms with Crippen LogP contribution in [0.3, 0.4) is 0 Å². The van der Waals surface area contributed by atoms with E-state index in [0.717, 1.165) is 41.7 Å². The second-order valence-corrected chi connectivity index (χ2v) is 7.41. The summed E-state index contributed by atoms with van der Waals surface area (Å²) < 4.78 is 2.01. The maximum atomic E-state index is 12.6. The predicted molar refractivity (Wildman–Crippen MR) is 106 cm³/mol. The molecule has 0 radical (unpaired) electrons. The number of anilines is 2. The average molecular weight is 361 g/mol. The van der Waals surface area contributed by atoms with Crippen molar-refractivity contribution in [3.8, 4) is 5.95 Å². The zero-order chi connectivity index (χ0) is 18.4. The molecule has 138 valence electrons. The molecule has 3 heterocycles. The number of hydrogen-bond acceptors (Lipinski definition) is 4. The number of rotatable bonds is 3. The summed E-state index contributed by atoms with van der Waals surface area (Å²) >= 11 is 0. The van der Waals surface area contributed by atoms with Crippen LogP contribution in [0, 0.1) is 0 Å². The van der Waals surface area contributed by atoms with Crippen molar-refractivity contribution in [2.24, 2.45) is 0 Å². The van der Waals surface area contributed by atoms with Crippen LogP contribution in [0.25, 0.3) is 16.9 Å². The van der Waals surface area contributed by atoms with Crippen molar-refractivity contribution in [2.45, 2.75) is 51.1 Å². The van der Waals surface area contributed by atoms with Crippen LogP contribution < -0.4 is 10.2 Å². The number of hydrogen-bond donors (Lipinski definition) is 1. The van der Waals surface area contributed by atoms with E-state index in [-0.39, 0.29) is 11.9 Å². The molecule has 1 aliphatic carbocycles. The van der Waals surface area contributed by atoms with Gasteiger partial charge in [0.1, 0.15) is 11.7 Å². The molecule has 0 spiro atoms. The Labute approximate surface area is 158 Å². The highest BCUT2D eigenvalue weighted by Gasteiger charge is 2.38. The number of carbonyl (C=O) groups excluding carboxylic acids is 1. The van der Waals surface area contributed by atoms with E-state index in [1.165, 1.54) is 12.8 Å². The molecule has 1 aliphatic heterocycles. The van der Waals surface area contributed by atoms with Gasteiger partial charge in [-0.1, -0.05) is 38.0 Å². The third-order valence-corrected chi connectivity index (χ3v) is 5.82. The molecule has 1 aromatic carbocycles. The number of para-hydroxylation sites is 1. The first kappa shape index (κ1) is 16.3. The minimum absolute atomic E-state index is 0.0552. The summed E-state index contributed by atoms with van der Waals surface area (Å²) in [6.07, 6.45) is 9.20. The first-order valence-electron chi connectivity index (χ1n) is 9.79. The van der Waals surface area contributed by atoms with Crippen molar-refractivity contribution >= 4 is 28.3 Å². The van der Waals surface area contributed by atoms with Gasteiger partial charge in [0.2, 0.25) is 11.9 Å². The monoisotopic (exact) mass is 361 g/mol. The summed E-state index contributed by atoms with van der Waals surface area (Å²) in [6, 6.07) is 10.5. The van der Waals surface area contributed by atoms with E-state index >= 15 is 0 Å². The van der Waals surface area contributed by atoms with E-state index in [1.807, 2.05) is 22.9 Å². The van der Waals surface area contributed by atoms with Crippen LogP contribution in [0.15, 0.2) is 42.7 Å². The van der Waals surface area contributed by atoms with E-state index in [2.05, 4.69) is 40.3 Å². The van der Waals surface area contributed by atoms with Crippen molar-refractivity contribution in [3.05, 3.63) is 42.7 Å². The molecular formula is C21H23N5O. The largest absolute Gasteiger partial charge is 0.340 e. The lowest BCUT2D eigenvalue weighted by Crippen LogP contribution is -2.52. The number of nitrogens with zero attached hydrogens (tertiary/aromatic N) is 4. The van der Waals surface area contributed by atoms with Gasteiger partial charge in [0.25, 0.3) is 0 Å². The van der Waals surface area contributed by atoms with Crippen LogP contribution in [-0.2, 0) is 4.79 Å². The Morgan fingerprint density at radius 2 is 2.00 bits per heavy atom. The Morgan fingerprint density at radius 3 is 2.81 bits per heavy atom. The van der Waals surface area contributed by atoms with Gasteiger partial charge in [0.05, 0.1) is 11.7 Å². The predicted octanol–water partition coefficient (Wildman–Crippen LogP) is 3.90. The normalized spacial score (nSPS) is 20.1. The Kier molecular flexibility index (Phi) is 3.85. The van der Waals surface area contributed by atoms with Crippen LogP contribution in [-0.4, -0.2) is 32.5 Å². The highest BCUT2D eigenvalue weighted by Crippen LogP contribution is 2.37. The lowest BCUT2D eigenvalue weighted by Gasteiger charge is -2.40. The van der Waals surface area contributed by atoms with Gasteiger partial charge in [-0.15, -0.1) is 0 Å². The zero-order valence-electron chi connectivity index (χ0n) is 15.4. The van der Waals surface area contributed by atoms with Gasteiger partial charge >= 0.3 is 0 Å². The molecule has 0 saturated heterocycles. The number of aromatic nitrogens is 3. The maximum absolute atomic E-state index is 12.6. The summed E-state index contributed by atoms with van der Waals surface area (Å²) in [7, 11) is 0. The summed E-state index contributed by atoms with van der Waals surface area (Å²) in [6.45, 7) is 2.07. The van der Waals surface area contributed by atoms with Gasteiger partial charge in [-0.3, -0.25) is 9.36 Å². The van der Waals surface area contributed by atoms with Crippen LogP contribution >= 0.6 is 0 Å². The van der Waals surface area contributed by atoms with Crippen LogP contribution in [0.5, 0.6) is 0 Å². The summed E-state index contributed by atoms with van der Waals surface area (Å²) in [4.78, 5) is 24.4. The number of fused-ring (bicyclic) bond motifs is 2. The highest BCUT2D eigenvalue weighted by atomic mass is 16.2. The standard InChI is InChI=1S/C21H23N5O/c1-2-17-20(27)23-16-13-22-21(24-19(16)26(17)15-8-4-5-9-15)25-12-11-14-7-3-6-10-18(14)25/h3,6-7,10-13,15,17H,2,4-5,8-9H2,1H3,(H,23,27). The maximum Gasteiger partial charge on any atom is 0.247 e. The lowest BCUT2D eigenvalue weighted by atomic mass is 10.0. The van der Waals surface area contributed by atoms with Gasteiger partial charge in [-0.25, -0.2) is 4.98 Å². The fourth-order valence-corrected chi connectivity index (χ4v) is 4.50. The minimum atomic E-state index is -0.162. The topological polar surface area (TPSA) is 63.1 Å². The SMILES string of the molecule is CCC1C(=O)Nc2cnc(-n3ccc4ccccc43)nc2N1C1CCCC1. The molecule has 6 heteroatoms. The highest BCUT2D eigenvalue weighted by molar-refractivity contribution is 6.02. The Morgan fingerprint density at radius 1 is 1.19 bits per heavy atom. The molecule has 27 heavy (non-hydrogen) atoms. The van der Waals surface area contributed by atoms with E-state index in [9.17, 15) is 4.79 Å². The fraction of sp³-hybridized carbons (Fsp3) is 0.381. The first-order chi connectivity index (χ1) is 13.3. The van der Waals surface area contributed by atoms with Crippen molar-refractivity contribution in [1.29, 1.82) is 0 Å². The van der Waals surface area contributed by atoms with Crippen molar-refractivity contribution in [3.63, 3.8) is 0 Å². The number of nitrogens with one attached hydrogen (secondary N) is 1. The van der Waals surface area contributed by atoms with Gasteiger partial charge in [-0.2, -0.15) is 4.98 Å². The van der Waals surface area contributed by atoms with Crippen molar-refractivity contribution in [1.82, 2.24) is 14.5 Å². The van der Waals surface area contributed by atoms with Crippen molar-refractivity contribution < 1.29 is 4.79 Å². The molecule has 2 aliphatic rings. The quantitative estimate of drug-likeness (QED) is 0.768. The Hall–Kier alpha value is -2.89. The minimum Gasteiger partial charge on any atom is -0.340 e. The Bertz CT molecular complexity index is 1000. The number of benzene rings is 1. The van der Waals surface area contributed by atoms with E-state index in [1.54, 1.807) is 6.20 Å². The molecule has 1 amide bonds. The molecule has 1 unspecified atom stereocenters.